The van der Waals surface area contributed by atoms with Gasteiger partial charge in [-0.15, -0.1) is 0 Å². The van der Waals surface area contributed by atoms with E-state index >= 15 is 0 Å². The maximum absolute atomic E-state index is 14.4. The minimum atomic E-state index is -1.62. The SMILES string of the molecule is CC(C)(C)[C@H](NC(=O)O[C@H]1CCOC1)C(=O)O.CCCC(NC(=O)[C@@H]1C[C@@]2(CN1)CC(c1ccc3c(c1)OCO3)=NO2)C(O)C(N)=O.CCCC(NC(=O)[C@@H]1C[C@]2(CC(c3ccc4c(c3)OCO4)=NO2)CN1C(=O)[C@@H](NC(=O)O[C@H]1CCOC1)C(C)(C)C)C(O)C(N)=O. The van der Waals surface area contributed by atoms with Crippen LogP contribution in [0.2, 0.25) is 0 Å². The molecule has 0 aliphatic carbocycles. The monoisotopic (exact) mass is 1310 g/mol. The summed E-state index contributed by atoms with van der Waals surface area (Å²) < 4.78 is 42.5. The number of primary amides is 2. The van der Waals surface area contributed by atoms with Gasteiger partial charge in [0.15, 0.2) is 46.4 Å². The molecule has 4 saturated heterocycles. The number of hydrogen-bond acceptors (Lipinski definition) is 23. The van der Waals surface area contributed by atoms with Gasteiger partial charge in [0.05, 0.1) is 62.5 Å². The number of ether oxygens (including phenoxy) is 8. The summed E-state index contributed by atoms with van der Waals surface area (Å²) in [5.41, 5.74) is 10.5. The second kappa shape index (κ2) is 30.2. The van der Waals surface area contributed by atoms with Crippen molar-refractivity contribution in [1.29, 1.82) is 0 Å². The van der Waals surface area contributed by atoms with Crippen LogP contribution in [-0.4, -0.2) is 204 Å². The Morgan fingerprint density at radius 3 is 1.57 bits per heavy atom. The van der Waals surface area contributed by atoms with Crippen molar-refractivity contribution in [2.75, 3.05) is 53.1 Å². The number of nitrogens with zero attached hydrogens (tertiary/aromatic N) is 3. The van der Waals surface area contributed by atoms with E-state index in [-0.39, 0.29) is 58.0 Å². The smallest absolute Gasteiger partial charge is 0.408 e. The Kier molecular flexibility index (Phi) is 22.9. The first kappa shape index (κ1) is 70.6. The van der Waals surface area contributed by atoms with Crippen molar-refractivity contribution in [1.82, 2.24) is 31.5 Å². The van der Waals surface area contributed by atoms with Gasteiger partial charge in [-0.3, -0.25) is 24.0 Å². The summed E-state index contributed by atoms with van der Waals surface area (Å²) in [7, 11) is 0. The van der Waals surface area contributed by atoms with Crippen LogP contribution in [0.4, 0.5) is 9.59 Å². The number of aliphatic hydroxyl groups is 2. The lowest BCUT2D eigenvalue weighted by Gasteiger charge is -2.35. The highest BCUT2D eigenvalue weighted by atomic mass is 16.7. The molecule has 2 aromatic rings. The van der Waals surface area contributed by atoms with E-state index in [1.807, 2.05) is 38.1 Å². The third-order valence-electron chi connectivity index (χ3n) is 16.9. The molecule has 10 rings (SSSR count). The van der Waals surface area contributed by atoms with Gasteiger partial charge >= 0.3 is 18.2 Å². The van der Waals surface area contributed by atoms with Crippen molar-refractivity contribution in [2.24, 2.45) is 32.6 Å². The molecule has 8 aliphatic rings. The Morgan fingerprint density at radius 2 is 1.12 bits per heavy atom. The van der Waals surface area contributed by atoms with E-state index < -0.39 is 118 Å². The quantitative estimate of drug-likeness (QED) is 0.0902. The number of carbonyl (C=O) groups is 8. The van der Waals surface area contributed by atoms with Gasteiger partial charge in [-0.2, -0.15) is 0 Å². The zero-order chi connectivity index (χ0) is 67.6. The first-order valence-electron chi connectivity index (χ1n) is 31.2. The van der Waals surface area contributed by atoms with Gasteiger partial charge in [0.2, 0.25) is 43.1 Å². The number of aliphatic carboxylic acids is 1. The summed E-state index contributed by atoms with van der Waals surface area (Å²) in [6, 6.07) is 5.69. The third kappa shape index (κ3) is 17.9. The fraction of sp³-hybridized carbons (Fsp3) is 0.645. The van der Waals surface area contributed by atoms with Crippen LogP contribution in [0.1, 0.15) is 131 Å². The average molecular weight is 1310 g/mol. The molecule has 4 unspecified atom stereocenters. The number of alkyl carbamates (subject to hydrolysis) is 2. The largest absolute Gasteiger partial charge is 0.480 e. The van der Waals surface area contributed by atoms with Crippen LogP contribution in [0.25, 0.3) is 0 Å². The van der Waals surface area contributed by atoms with Crippen molar-refractivity contribution < 1.29 is 101 Å². The first-order chi connectivity index (χ1) is 44.0. The number of amides is 7. The number of hydrogen-bond donors (Lipinski definition) is 10. The molecular formula is C62H88N10O21. The predicted molar refractivity (Wildman–Crippen MR) is 327 cm³/mol. The highest BCUT2D eigenvalue weighted by Gasteiger charge is 2.56. The highest BCUT2D eigenvalue weighted by molar-refractivity contribution is 6.03. The predicted octanol–water partition coefficient (Wildman–Crippen LogP) is 1.71. The number of carboxylic acid groups (broad SMARTS) is 1. The minimum Gasteiger partial charge on any atom is -0.480 e. The molecule has 8 heterocycles. The average Bonchev–Trinajstić information content (AvgIpc) is 1.62. The van der Waals surface area contributed by atoms with Crippen LogP contribution in [0, 0.1) is 10.8 Å². The summed E-state index contributed by atoms with van der Waals surface area (Å²) in [6.07, 6.45) is -0.739. The van der Waals surface area contributed by atoms with Gasteiger partial charge in [-0.1, -0.05) is 78.5 Å². The van der Waals surface area contributed by atoms with Crippen LogP contribution >= 0.6 is 0 Å². The van der Waals surface area contributed by atoms with Gasteiger partial charge < -0.3 is 106 Å². The second-order valence-electron chi connectivity index (χ2n) is 26.4. The van der Waals surface area contributed by atoms with Gasteiger partial charge in [-0.05, 0) is 60.1 Å². The molecular weight excluding hydrogens is 1220 g/mol. The van der Waals surface area contributed by atoms with Gasteiger partial charge in [0.1, 0.15) is 30.3 Å². The topological polar surface area (TPSA) is 430 Å². The minimum absolute atomic E-state index is 0.0158. The number of nitrogens with one attached hydrogen (secondary N) is 5. The van der Waals surface area contributed by atoms with E-state index in [0.717, 1.165) is 16.8 Å². The Balaban J connectivity index is 0.000000201. The molecule has 31 heteroatoms. The van der Waals surface area contributed by atoms with E-state index in [1.165, 1.54) is 4.90 Å². The highest BCUT2D eigenvalue weighted by Crippen LogP contribution is 2.43. The summed E-state index contributed by atoms with van der Waals surface area (Å²) in [5.74, 6) is -1.75. The standard InChI is InChI=1S/C31H43N5O10.C20H26N4O6.C11H19NO5/c1-5-6-19(24(37)26(32)38)33-27(39)21-13-31(12-20(35-46-31)17-7-8-22-23(11-17)44-16-43-22)15-36(21)28(40)25(30(2,3)4)34-29(41)45-18-9-10-42-14-18;1-2-3-12(17(25)18(21)26)23-19(27)14-8-20(9-22-14)7-13(24-30-20)11-4-5-15-16(6-11)29-10-28-15;1-11(2,3)8(9(13)14)12-10(15)17-7-4-5-16-6-7/h7-8,11,18-19,21,24-25,37H,5-6,9-10,12-16H2,1-4H3,(H2,32,38)(H,33,39)(H,34,41);4-6,12,14,17,22,25H,2-3,7-10H2,1H3,(H2,21,26)(H,23,27);7-8H,4-6H2,1-3H3,(H,12,15)(H,13,14)/t18-,19?,21-,24?,25+,31+;12?,14-,17?,20+;7-,8+/m000/s1. The summed E-state index contributed by atoms with van der Waals surface area (Å²) in [5, 5.41) is 51.7. The molecule has 2 spiro atoms. The van der Waals surface area contributed by atoms with Crippen molar-refractivity contribution in [3.05, 3.63) is 47.5 Å². The number of fused-ring (bicyclic) bond motifs is 2. The fourth-order valence-corrected chi connectivity index (χ4v) is 11.8. The number of aliphatic hydroxyl groups excluding tert-OH is 2. The molecule has 0 saturated carbocycles. The number of rotatable bonds is 20. The van der Waals surface area contributed by atoms with E-state index in [0.29, 0.717) is 100 Å². The molecule has 12 N–H and O–H groups in total. The van der Waals surface area contributed by atoms with Crippen molar-refractivity contribution in [3.63, 3.8) is 0 Å². The van der Waals surface area contributed by atoms with Gasteiger partial charge in [-0.25, -0.2) is 14.4 Å². The summed E-state index contributed by atoms with van der Waals surface area (Å²) in [6.45, 7) is 16.8. The zero-order valence-corrected chi connectivity index (χ0v) is 53.7. The Morgan fingerprint density at radius 1 is 0.656 bits per heavy atom. The Labute approximate surface area is 537 Å². The number of benzene rings is 2. The van der Waals surface area contributed by atoms with E-state index in [2.05, 4.69) is 36.9 Å². The van der Waals surface area contributed by atoms with Crippen LogP contribution in [0.3, 0.4) is 0 Å². The normalized spacial score (nSPS) is 25.0. The van der Waals surface area contributed by atoms with Crippen molar-refractivity contribution >= 4 is 59.1 Å². The molecule has 0 radical (unpaired) electrons. The van der Waals surface area contributed by atoms with E-state index in [4.69, 9.17) is 64.1 Å². The zero-order valence-electron chi connectivity index (χ0n) is 53.7. The lowest BCUT2D eigenvalue weighted by atomic mass is 9.85. The van der Waals surface area contributed by atoms with E-state index in [9.17, 15) is 48.6 Å². The second-order valence-corrected chi connectivity index (χ2v) is 26.4. The van der Waals surface area contributed by atoms with Crippen LogP contribution in [0.5, 0.6) is 23.0 Å². The maximum Gasteiger partial charge on any atom is 0.408 e. The van der Waals surface area contributed by atoms with E-state index in [1.54, 1.807) is 53.7 Å². The molecule has 0 aromatic heterocycles. The van der Waals surface area contributed by atoms with Crippen LogP contribution < -0.4 is 57.0 Å². The fourth-order valence-electron chi connectivity index (χ4n) is 11.8. The third-order valence-corrected chi connectivity index (χ3v) is 16.9. The number of oxime groups is 2. The Hall–Kier alpha value is -8.26. The van der Waals surface area contributed by atoms with Crippen molar-refractivity contribution in [3.8, 4) is 23.0 Å². The molecule has 7 amide bonds. The molecule has 93 heavy (non-hydrogen) atoms. The molecule has 31 nitrogen and oxygen atoms in total. The lowest BCUT2D eigenvalue weighted by molar-refractivity contribution is -0.143. The number of likely N-dealkylation sites (tertiary alicyclic amines) is 1. The number of carbonyl (C=O) groups excluding carboxylic acids is 7. The van der Waals surface area contributed by atoms with Crippen LogP contribution in [-0.2, 0) is 57.4 Å². The maximum atomic E-state index is 14.4. The summed E-state index contributed by atoms with van der Waals surface area (Å²) >= 11 is 0. The molecule has 4 fully saturated rings. The molecule has 512 valence electrons. The molecule has 12 atom stereocenters. The van der Waals surface area contributed by atoms with Gasteiger partial charge in [0, 0.05) is 56.2 Å². The summed E-state index contributed by atoms with van der Waals surface area (Å²) in [4.78, 5) is 113. The molecule has 0 bridgehead atoms. The van der Waals surface area contributed by atoms with Gasteiger partial charge in [0.25, 0.3) is 0 Å². The number of carboxylic acids is 1. The molecule has 2 aromatic carbocycles. The van der Waals surface area contributed by atoms with Crippen molar-refractivity contribution in [2.45, 2.75) is 191 Å². The number of nitrogens with two attached hydrogens (primary N) is 2. The first-order valence-corrected chi connectivity index (χ1v) is 31.2. The Bertz CT molecular complexity index is 3120. The lowest BCUT2D eigenvalue weighted by Crippen LogP contribution is -2.59. The van der Waals surface area contributed by atoms with Crippen LogP contribution in [0.15, 0.2) is 46.7 Å². The molecule has 8 aliphatic heterocycles.